The van der Waals surface area contributed by atoms with Crippen LogP contribution in [0, 0.1) is 5.92 Å². The molecule has 0 aromatic carbocycles. The Bertz CT molecular complexity index is 215. The van der Waals surface area contributed by atoms with Gasteiger partial charge in [0.05, 0.1) is 6.61 Å². The molecule has 1 fully saturated rings. The zero-order valence-corrected chi connectivity index (χ0v) is 8.00. The molecule has 13 heavy (non-hydrogen) atoms. The van der Waals surface area contributed by atoms with Crippen molar-refractivity contribution < 1.29 is 14.3 Å². The van der Waals surface area contributed by atoms with Crippen molar-refractivity contribution in [1.29, 1.82) is 0 Å². The predicted molar refractivity (Wildman–Crippen MR) is 47.0 cm³/mol. The second kappa shape index (κ2) is 4.25. The van der Waals surface area contributed by atoms with E-state index in [1.807, 2.05) is 6.92 Å². The SMILES string of the molecule is CCOC(=O)C1NC(=O)CC1CC. The van der Waals surface area contributed by atoms with Gasteiger partial charge in [0, 0.05) is 6.42 Å². The molecule has 1 heterocycles. The van der Waals surface area contributed by atoms with Gasteiger partial charge in [0.25, 0.3) is 0 Å². The fourth-order valence-electron chi connectivity index (χ4n) is 1.57. The molecule has 4 heteroatoms. The highest BCUT2D eigenvalue weighted by molar-refractivity contribution is 5.88. The van der Waals surface area contributed by atoms with Crippen LogP contribution in [-0.2, 0) is 14.3 Å². The molecule has 0 aromatic heterocycles. The Morgan fingerprint density at radius 3 is 2.85 bits per heavy atom. The first-order chi connectivity index (χ1) is 6.19. The first-order valence-electron chi connectivity index (χ1n) is 4.65. The Hall–Kier alpha value is -1.06. The lowest BCUT2D eigenvalue weighted by atomic mass is 9.98. The minimum absolute atomic E-state index is 0.0510. The lowest BCUT2D eigenvalue weighted by Crippen LogP contribution is -2.38. The third-order valence-corrected chi connectivity index (χ3v) is 2.30. The standard InChI is InChI=1S/C9H15NO3/c1-3-6-5-7(11)10-8(6)9(12)13-4-2/h6,8H,3-5H2,1-2H3,(H,10,11). The molecule has 4 nitrogen and oxygen atoms in total. The maximum absolute atomic E-state index is 11.3. The molecule has 1 aliphatic rings. The predicted octanol–water partition coefficient (Wildman–Crippen LogP) is 0.464. The summed E-state index contributed by atoms with van der Waals surface area (Å²) in [4.78, 5) is 22.3. The largest absolute Gasteiger partial charge is 0.464 e. The van der Waals surface area contributed by atoms with Crippen LogP contribution in [0.4, 0.5) is 0 Å². The fraction of sp³-hybridized carbons (Fsp3) is 0.778. The Kier molecular flexibility index (Phi) is 3.28. The molecule has 0 saturated carbocycles. The fourth-order valence-corrected chi connectivity index (χ4v) is 1.57. The summed E-state index contributed by atoms with van der Waals surface area (Å²) in [6, 6.07) is -0.419. The first kappa shape index (κ1) is 10.0. The molecule has 2 atom stereocenters. The van der Waals surface area contributed by atoms with Crippen LogP contribution in [0.15, 0.2) is 0 Å². The van der Waals surface area contributed by atoms with Crippen LogP contribution in [0.3, 0.4) is 0 Å². The average Bonchev–Trinajstić information content (AvgIpc) is 2.47. The van der Waals surface area contributed by atoms with Crippen molar-refractivity contribution in [3.05, 3.63) is 0 Å². The summed E-state index contributed by atoms with van der Waals surface area (Å²) in [5, 5.41) is 2.63. The summed E-state index contributed by atoms with van der Waals surface area (Å²) in [5.74, 6) is -0.253. The van der Waals surface area contributed by atoms with Gasteiger partial charge < -0.3 is 10.1 Å². The highest BCUT2D eigenvalue weighted by atomic mass is 16.5. The smallest absolute Gasteiger partial charge is 0.328 e. The Balaban J connectivity index is 2.57. The summed E-state index contributed by atoms with van der Waals surface area (Å²) >= 11 is 0. The number of carbonyl (C=O) groups excluding carboxylic acids is 2. The summed E-state index contributed by atoms with van der Waals surface area (Å²) in [5.41, 5.74) is 0. The van der Waals surface area contributed by atoms with Crippen molar-refractivity contribution in [2.45, 2.75) is 32.7 Å². The molecule has 1 rings (SSSR count). The van der Waals surface area contributed by atoms with Crippen molar-refractivity contribution in [3.63, 3.8) is 0 Å². The zero-order chi connectivity index (χ0) is 9.84. The van der Waals surface area contributed by atoms with E-state index in [4.69, 9.17) is 4.74 Å². The van der Waals surface area contributed by atoms with E-state index in [1.165, 1.54) is 0 Å². The van der Waals surface area contributed by atoms with E-state index in [2.05, 4.69) is 5.32 Å². The molecule has 0 aromatic rings. The van der Waals surface area contributed by atoms with Crippen LogP contribution >= 0.6 is 0 Å². The van der Waals surface area contributed by atoms with Crippen LogP contribution in [0.2, 0.25) is 0 Å². The van der Waals surface area contributed by atoms with Gasteiger partial charge >= 0.3 is 5.97 Å². The number of ether oxygens (including phenoxy) is 1. The number of esters is 1. The van der Waals surface area contributed by atoms with Crippen molar-refractivity contribution >= 4 is 11.9 Å². The number of amides is 1. The van der Waals surface area contributed by atoms with Crippen molar-refractivity contribution in [2.24, 2.45) is 5.92 Å². The summed E-state index contributed by atoms with van der Waals surface area (Å²) in [7, 11) is 0. The molecule has 0 spiro atoms. The molecule has 0 aliphatic carbocycles. The lowest BCUT2D eigenvalue weighted by molar-refractivity contribution is -0.146. The van der Waals surface area contributed by atoms with Crippen molar-refractivity contribution in [2.75, 3.05) is 6.61 Å². The summed E-state index contributed by atoms with van der Waals surface area (Å²) < 4.78 is 4.85. The highest BCUT2D eigenvalue weighted by Gasteiger charge is 2.36. The lowest BCUT2D eigenvalue weighted by Gasteiger charge is -2.14. The van der Waals surface area contributed by atoms with Gasteiger partial charge in [-0.3, -0.25) is 4.79 Å². The van der Waals surface area contributed by atoms with Crippen LogP contribution in [0.25, 0.3) is 0 Å². The summed E-state index contributed by atoms with van der Waals surface area (Å²) in [6.07, 6.45) is 1.27. The van der Waals surface area contributed by atoms with Gasteiger partial charge in [0.2, 0.25) is 5.91 Å². The molecule has 2 unspecified atom stereocenters. The van der Waals surface area contributed by atoms with Crippen LogP contribution in [-0.4, -0.2) is 24.5 Å². The molecule has 0 radical (unpaired) electrons. The van der Waals surface area contributed by atoms with Gasteiger partial charge in [-0.15, -0.1) is 0 Å². The van der Waals surface area contributed by atoms with E-state index in [0.717, 1.165) is 6.42 Å². The number of nitrogens with one attached hydrogen (secondary N) is 1. The third kappa shape index (κ3) is 2.20. The minimum atomic E-state index is -0.419. The number of hydrogen-bond donors (Lipinski definition) is 1. The van der Waals surface area contributed by atoms with Crippen molar-refractivity contribution in [1.82, 2.24) is 5.32 Å². The third-order valence-electron chi connectivity index (χ3n) is 2.30. The minimum Gasteiger partial charge on any atom is -0.464 e. The molecule has 74 valence electrons. The zero-order valence-electron chi connectivity index (χ0n) is 8.00. The van der Waals surface area contributed by atoms with Crippen molar-refractivity contribution in [3.8, 4) is 0 Å². The normalized spacial score (nSPS) is 27.1. The molecule has 0 bridgehead atoms. The Morgan fingerprint density at radius 1 is 1.62 bits per heavy atom. The summed E-state index contributed by atoms with van der Waals surface area (Å²) in [6.45, 7) is 4.09. The average molecular weight is 185 g/mol. The number of rotatable bonds is 3. The highest BCUT2D eigenvalue weighted by Crippen LogP contribution is 2.20. The molecule has 1 amide bonds. The van der Waals surface area contributed by atoms with E-state index in [1.54, 1.807) is 6.92 Å². The van der Waals surface area contributed by atoms with Crippen LogP contribution in [0.1, 0.15) is 26.7 Å². The maximum atomic E-state index is 11.3. The number of carbonyl (C=O) groups is 2. The van der Waals surface area contributed by atoms with Crippen LogP contribution < -0.4 is 5.32 Å². The Labute approximate surface area is 77.6 Å². The van der Waals surface area contributed by atoms with Gasteiger partial charge in [-0.2, -0.15) is 0 Å². The van der Waals surface area contributed by atoms with E-state index >= 15 is 0 Å². The maximum Gasteiger partial charge on any atom is 0.328 e. The van der Waals surface area contributed by atoms with Crippen LogP contribution in [0.5, 0.6) is 0 Å². The van der Waals surface area contributed by atoms with Gasteiger partial charge in [0.15, 0.2) is 0 Å². The number of hydrogen-bond acceptors (Lipinski definition) is 3. The topological polar surface area (TPSA) is 55.4 Å². The van der Waals surface area contributed by atoms with E-state index in [0.29, 0.717) is 13.0 Å². The second-order valence-corrected chi connectivity index (χ2v) is 3.17. The first-order valence-corrected chi connectivity index (χ1v) is 4.65. The molecular weight excluding hydrogens is 170 g/mol. The van der Waals surface area contributed by atoms with Gasteiger partial charge in [-0.1, -0.05) is 13.3 Å². The second-order valence-electron chi connectivity index (χ2n) is 3.17. The Morgan fingerprint density at radius 2 is 2.31 bits per heavy atom. The van der Waals surface area contributed by atoms with Gasteiger partial charge in [-0.25, -0.2) is 4.79 Å². The molecule has 1 saturated heterocycles. The van der Waals surface area contributed by atoms with E-state index < -0.39 is 6.04 Å². The van der Waals surface area contributed by atoms with E-state index in [-0.39, 0.29) is 17.8 Å². The van der Waals surface area contributed by atoms with Gasteiger partial charge in [-0.05, 0) is 12.8 Å². The monoisotopic (exact) mass is 185 g/mol. The molecule has 1 aliphatic heterocycles. The van der Waals surface area contributed by atoms with E-state index in [9.17, 15) is 9.59 Å². The molecule has 1 N–H and O–H groups in total. The quantitative estimate of drug-likeness (QED) is 0.650. The van der Waals surface area contributed by atoms with Gasteiger partial charge in [0.1, 0.15) is 6.04 Å². The molecular formula is C9H15NO3.